The first-order chi connectivity index (χ1) is 14.2. The second-order valence-electron chi connectivity index (χ2n) is 6.19. The topological polar surface area (TPSA) is 80.3 Å². The molecule has 0 spiro atoms. The zero-order valence-electron chi connectivity index (χ0n) is 15.6. The van der Waals surface area contributed by atoms with Crippen LogP contribution < -0.4 is 15.4 Å². The molecule has 156 valence electrons. The molecular formula is C20H16F3N3O3S. The van der Waals surface area contributed by atoms with E-state index in [0.29, 0.717) is 5.75 Å². The van der Waals surface area contributed by atoms with Gasteiger partial charge in [-0.25, -0.2) is 4.98 Å². The molecule has 2 aromatic carbocycles. The molecular weight excluding hydrogens is 419 g/mol. The van der Waals surface area contributed by atoms with Crippen LogP contribution in [0, 0.1) is 0 Å². The number of ether oxygens (including phenoxy) is 1. The minimum atomic E-state index is -4.60. The lowest BCUT2D eigenvalue weighted by atomic mass is 10.1. The number of thiazole rings is 1. The van der Waals surface area contributed by atoms with E-state index in [1.807, 2.05) is 5.38 Å². The van der Waals surface area contributed by atoms with Crippen molar-refractivity contribution >= 4 is 34.5 Å². The van der Waals surface area contributed by atoms with E-state index in [1.54, 1.807) is 17.6 Å². The van der Waals surface area contributed by atoms with Crippen molar-refractivity contribution in [3.8, 4) is 5.75 Å². The summed E-state index contributed by atoms with van der Waals surface area (Å²) in [5.41, 5.74) is 1.52. The molecule has 30 heavy (non-hydrogen) atoms. The lowest BCUT2D eigenvalue weighted by Crippen LogP contribution is -2.16. The molecule has 0 saturated heterocycles. The number of hydrogen-bond donors (Lipinski definition) is 2. The fourth-order valence-electron chi connectivity index (χ4n) is 2.51. The van der Waals surface area contributed by atoms with Crippen molar-refractivity contribution in [1.29, 1.82) is 0 Å². The van der Waals surface area contributed by atoms with Crippen LogP contribution in [0.4, 0.5) is 24.5 Å². The number of nitrogens with zero attached hydrogens (tertiary/aromatic N) is 1. The van der Waals surface area contributed by atoms with Crippen LogP contribution in [0.2, 0.25) is 0 Å². The number of carbonyl (C=O) groups is 2. The second kappa shape index (κ2) is 8.95. The predicted octanol–water partition coefficient (Wildman–Crippen LogP) is 4.95. The summed E-state index contributed by atoms with van der Waals surface area (Å²) >= 11 is 1.43. The number of anilines is 2. The second-order valence-corrected chi connectivity index (χ2v) is 6.91. The molecule has 1 aromatic heterocycles. The maximum absolute atomic E-state index is 13.1. The first-order valence-corrected chi connectivity index (χ1v) is 9.57. The number of aromatic nitrogens is 1. The van der Waals surface area contributed by atoms with E-state index < -0.39 is 23.6 Å². The van der Waals surface area contributed by atoms with Gasteiger partial charge in [0.1, 0.15) is 12.4 Å². The SMILES string of the molecule is CC(=O)Nc1ccc(C(F)(F)F)cc1NC(=O)c1cccc(OCc2cscn2)c1. The van der Waals surface area contributed by atoms with Gasteiger partial charge in [0.25, 0.3) is 5.91 Å². The standard InChI is InChI=1S/C20H16F3N3O3S/c1-12(27)25-17-6-5-14(20(21,22)23)8-18(17)26-19(28)13-3-2-4-16(7-13)29-9-15-10-30-11-24-15/h2-8,10-11H,9H2,1H3,(H,25,27)(H,26,28). The Morgan fingerprint density at radius 2 is 1.90 bits per heavy atom. The summed E-state index contributed by atoms with van der Waals surface area (Å²) in [5.74, 6) is -0.732. The third-order valence-electron chi connectivity index (χ3n) is 3.87. The molecule has 3 rings (SSSR count). The molecule has 0 saturated carbocycles. The number of halogens is 3. The van der Waals surface area contributed by atoms with Crippen molar-refractivity contribution in [2.75, 3.05) is 10.6 Å². The Bertz CT molecular complexity index is 1050. The van der Waals surface area contributed by atoms with Gasteiger partial charge < -0.3 is 15.4 Å². The molecule has 3 aromatic rings. The Kier molecular flexibility index (Phi) is 6.36. The van der Waals surface area contributed by atoms with Gasteiger partial charge in [-0.3, -0.25) is 9.59 Å². The average Bonchev–Trinajstić information content (AvgIpc) is 3.20. The van der Waals surface area contributed by atoms with Crippen LogP contribution in [0.25, 0.3) is 0 Å². The summed E-state index contributed by atoms with van der Waals surface area (Å²) in [6.45, 7) is 1.43. The zero-order valence-corrected chi connectivity index (χ0v) is 16.4. The van der Waals surface area contributed by atoms with Crippen molar-refractivity contribution in [2.24, 2.45) is 0 Å². The molecule has 0 aliphatic rings. The highest BCUT2D eigenvalue weighted by Gasteiger charge is 2.31. The fourth-order valence-corrected chi connectivity index (χ4v) is 3.05. The molecule has 0 radical (unpaired) electrons. The largest absolute Gasteiger partial charge is 0.487 e. The summed E-state index contributed by atoms with van der Waals surface area (Å²) < 4.78 is 44.8. The summed E-state index contributed by atoms with van der Waals surface area (Å²) in [4.78, 5) is 28.1. The number of amides is 2. The molecule has 0 aliphatic heterocycles. The quantitative estimate of drug-likeness (QED) is 0.574. The highest BCUT2D eigenvalue weighted by Crippen LogP contribution is 2.34. The minimum absolute atomic E-state index is 0.0554. The van der Waals surface area contributed by atoms with Crippen molar-refractivity contribution in [3.63, 3.8) is 0 Å². The molecule has 2 amide bonds. The normalized spacial score (nSPS) is 11.1. The van der Waals surface area contributed by atoms with Crippen LogP contribution in [0.5, 0.6) is 5.75 Å². The van der Waals surface area contributed by atoms with E-state index >= 15 is 0 Å². The van der Waals surface area contributed by atoms with Crippen LogP contribution in [0.15, 0.2) is 53.4 Å². The fraction of sp³-hybridized carbons (Fsp3) is 0.150. The molecule has 0 aliphatic carbocycles. The summed E-state index contributed by atoms with van der Waals surface area (Å²) in [7, 11) is 0. The monoisotopic (exact) mass is 435 g/mol. The predicted molar refractivity (Wildman–Crippen MR) is 107 cm³/mol. The number of hydrogen-bond acceptors (Lipinski definition) is 5. The van der Waals surface area contributed by atoms with Crippen molar-refractivity contribution < 1.29 is 27.5 Å². The van der Waals surface area contributed by atoms with Gasteiger partial charge in [-0.2, -0.15) is 13.2 Å². The first-order valence-electron chi connectivity index (χ1n) is 8.62. The highest BCUT2D eigenvalue weighted by atomic mass is 32.1. The van der Waals surface area contributed by atoms with E-state index in [-0.39, 0.29) is 23.5 Å². The zero-order chi connectivity index (χ0) is 21.7. The van der Waals surface area contributed by atoms with E-state index in [9.17, 15) is 22.8 Å². The Balaban J connectivity index is 1.80. The minimum Gasteiger partial charge on any atom is -0.487 e. The molecule has 6 nitrogen and oxygen atoms in total. The van der Waals surface area contributed by atoms with E-state index in [1.165, 1.54) is 30.4 Å². The van der Waals surface area contributed by atoms with E-state index in [4.69, 9.17) is 4.74 Å². The number of carbonyl (C=O) groups excluding carboxylic acids is 2. The third kappa shape index (κ3) is 5.57. The Morgan fingerprint density at radius 3 is 2.57 bits per heavy atom. The molecule has 10 heteroatoms. The lowest BCUT2D eigenvalue weighted by molar-refractivity contribution is -0.137. The molecule has 1 heterocycles. The van der Waals surface area contributed by atoms with E-state index in [2.05, 4.69) is 15.6 Å². The molecule has 0 bridgehead atoms. The van der Waals surface area contributed by atoms with Crippen molar-refractivity contribution in [1.82, 2.24) is 4.98 Å². The summed E-state index contributed by atoms with van der Waals surface area (Å²) in [6, 6.07) is 8.89. The van der Waals surface area contributed by atoms with Gasteiger partial charge >= 0.3 is 6.18 Å². The summed E-state index contributed by atoms with van der Waals surface area (Å²) in [5, 5.41) is 6.65. The third-order valence-corrected chi connectivity index (χ3v) is 4.51. The number of alkyl halides is 3. The van der Waals surface area contributed by atoms with Gasteiger partial charge in [0.15, 0.2) is 0 Å². The molecule has 0 unspecified atom stereocenters. The van der Waals surface area contributed by atoms with Gasteiger partial charge in [0, 0.05) is 17.9 Å². The smallest absolute Gasteiger partial charge is 0.416 e. The van der Waals surface area contributed by atoms with Gasteiger partial charge in [-0.1, -0.05) is 6.07 Å². The van der Waals surface area contributed by atoms with Gasteiger partial charge in [0.2, 0.25) is 5.91 Å². The highest BCUT2D eigenvalue weighted by molar-refractivity contribution is 7.07. The van der Waals surface area contributed by atoms with Crippen LogP contribution in [-0.4, -0.2) is 16.8 Å². The molecule has 0 atom stereocenters. The average molecular weight is 435 g/mol. The maximum atomic E-state index is 13.1. The first kappa shape index (κ1) is 21.3. The van der Waals surface area contributed by atoms with Crippen LogP contribution >= 0.6 is 11.3 Å². The van der Waals surface area contributed by atoms with E-state index in [0.717, 1.165) is 23.9 Å². The summed E-state index contributed by atoms with van der Waals surface area (Å²) in [6.07, 6.45) is -4.60. The number of benzene rings is 2. The van der Waals surface area contributed by atoms with Crippen LogP contribution in [0.1, 0.15) is 28.5 Å². The Morgan fingerprint density at radius 1 is 1.10 bits per heavy atom. The Labute approximate surface area is 173 Å². The molecule has 0 fully saturated rings. The number of nitrogens with one attached hydrogen (secondary N) is 2. The maximum Gasteiger partial charge on any atom is 0.416 e. The van der Waals surface area contributed by atoms with Gasteiger partial charge in [-0.05, 0) is 36.4 Å². The van der Waals surface area contributed by atoms with Crippen molar-refractivity contribution in [2.45, 2.75) is 19.7 Å². The number of rotatable bonds is 6. The van der Waals surface area contributed by atoms with Crippen LogP contribution in [-0.2, 0) is 17.6 Å². The lowest BCUT2D eigenvalue weighted by Gasteiger charge is -2.15. The van der Waals surface area contributed by atoms with Gasteiger partial charge in [0.05, 0.1) is 28.1 Å². The van der Waals surface area contributed by atoms with Gasteiger partial charge in [-0.15, -0.1) is 11.3 Å². The Hall–Kier alpha value is -3.40. The molecule has 2 N–H and O–H groups in total. The van der Waals surface area contributed by atoms with Crippen LogP contribution in [0.3, 0.4) is 0 Å². The van der Waals surface area contributed by atoms with Crippen molar-refractivity contribution in [3.05, 3.63) is 70.2 Å².